The van der Waals surface area contributed by atoms with E-state index in [1.54, 1.807) is 49.4 Å². The van der Waals surface area contributed by atoms with Crippen molar-refractivity contribution in [2.75, 3.05) is 12.8 Å². The van der Waals surface area contributed by atoms with Crippen LogP contribution in [0.1, 0.15) is 30.3 Å². The summed E-state index contributed by atoms with van der Waals surface area (Å²) >= 11 is 0. The molecule has 0 aliphatic heterocycles. The highest BCUT2D eigenvalue weighted by molar-refractivity contribution is 7.58. The summed E-state index contributed by atoms with van der Waals surface area (Å²) in [4.78, 5) is 34.4. The fourth-order valence-electron chi connectivity index (χ4n) is 2.54. The zero-order valence-corrected chi connectivity index (χ0v) is 16.5. The first-order chi connectivity index (χ1) is 13.4. The molecular formula is C20H24NO6P. The fourth-order valence-corrected chi connectivity index (χ4v) is 4.25. The predicted molar refractivity (Wildman–Crippen MR) is 105 cm³/mol. The van der Waals surface area contributed by atoms with E-state index in [4.69, 9.17) is 9.47 Å². The van der Waals surface area contributed by atoms with Crippen molar-refractivity contribution < 1.29 is 28.5 Å². The molecule has 2 aromatic rings. The van der Waals surface area contributed by atoms with E-state index in [0.29, 0.717) is 5.56 Å². The van der Waals surface area contributed by atoms with E-state index >= 15 is 0 Å². The van der Waals surface area contributed by atoms with Crippen molar-refractivity contribution in [2.45, 2.75) is 25.7 Å². The lowest BCUT2D eigenvalue weighted by molar-refractivity contribution is -0.142. The number of carbonyl (C=O) groups is 2. The molecule has 0 aliphatic rings. The summed E-state index contributed by atoms with van der Waals surface area (Å²) in [6.07, 6.45) is -1.35. The minimum atomic E-state index is -3.96. The summed E-state index contributed by atoms with van der Waals surface area (Å²) in [6, 6.07) is 17.5. The number of nitrogens with one attached hydrogen (secondary N) is 1. The van der Waals surface area contributed by atoms with Crippen LogP contribution in [0.2, 0.25) is 0 Å². The highest BCUT2D eigenvalue weighted by Gasteiger charge is 2.34. The van der Waals surface area contributed by atoms with Crippen LogP contribution in [0, 0.1) is 0 Å². The number of benzene rings is 2. The molecule has 2 rings (SSSR count). The van der Waals surface area contributed by atoms with Gasteiger partial charge in [-0.3, -0.25) is 9.36 Å². The molecule has 2 atom stereocenters. The summed E-state index contributed by atoms with van der Waals surface area (Å²) in [6.45, 7) is 1.89. The second kappa shape index (κ2) is 10.6. The van der Waals surface area contributed by atoms with Crippen molar-refractivity contribution in [1.82, 2.24) is 5.32 Å². The molecule has 2 N–H and O–H groups in total. The van der Waals surface area contributed by atoms with Gasteiger partial charge in [0.05, 0.1) is 13.0 Å². The summed E-state index contributed by atoms with van der Waals surface area (Å²) in [5.41, 5.74) is 1.25. The molecular weight excluding hydrogens is 381 g/mol. The average molecular weight is 405 g/mol. The van der Waals surface area contributed by atoms with Gasteiger partial charge in [0.1, 0.15) is 12.4 Å². The number of carbonyl (C=O) groups excluding carboxylic acids is 2. The summed E-state index contributed by atoms with van der Waals surface area (Å²) in [5.74, 6) is -1.75. The van der Waals surface area contributed by atoms with Crippen molar-refractivity contribution >= 4 is 19.4 Å². The second-order valence-electron chi connectivity index (χ2n) is 6.05. The van der Waals surface area contributed by atoms with E-state index < -0.39 is 25.2 Å². The van der Waals surface area contributed by atoms with E-state index in [2.05, 4.69) is 5.32 Å². The molecule has 7 nitrogen and oxygen atoms in total. The maximum atomic E-state index is 12.9. The minimum absolute atomic E-state index is 0.0345. The smallest absolute Gasteiger partial charge is 0.408 e. The molecule has 2 unspecified atom stereocenters. The maximum absolute atomic E-state index is 12.9. The van der Waals surface area contributed by atoms with E-state index in [-0.39, 0.29) is 25.8 Å². The van der Waals surface area contributed by atoms with Crippen LogP contribution in [0.5, 0.6) is 0 Å². The molecule has 28 heavy (non-hydrogen) atoms. The number of ether oxygens (including phenoxy) is 2. The van der Waals surface area contributed by atoms with E-state index in [0.717, 1.165) is 5.56 Å². The van der Waals surface area contributed by atoms with Gasteiger partial charge >= 0.3 is 12.1 Å². The fraction of sp³-hybridized carbons (Fsp3) is 0.300. The Kier molecular flexibility index (Phi) is 8.23. The number of amides is 1. The zero-order valence-electron chi connectivity index (χ0n) is 15.6. The normalized spacial score (nSPS) is 13.8. The monoisotopic (exact) mass is 405 g/mol. The summed E-state index contributed by atoms with van der Waals surface area (Å²) in [5, 5.41) is 2.47. The number of alkyl carbamates (subject to hydrolysis) is 1. The maximum Gasteiger partial charge on any atom is 0.408 e. The molecule has 0 saturated heterocycles. The third-order valence-electron chi connectivity index (χ3n) is 3.93. The van der Waals surface area contributed by atoms with E-state index in [1.165, 1.54) is 0 Å². The Bertz CT molecular complexity index is 812. The number of hydrogen-bond donors (Lipinski definition) is 2. The topological polar surface area (TPSA) is 102 Å². The van der Waals surface area contributed by atoms with Crippen LogP contribution in [-0.2, 0) is 25.4 Å². The van der Waals surface area contributed by atoms with Crippen molar-refractivity contribution in [3.8, 4) is 0 Å². The van der Waals surface area contributed by atoms with Crippen LogP contribution >= 0.6 is 7.37 Å². The molecule has 0 heterocycles. The van der Waals surface area contributed by atoms with Gasteiger partial charge in [-0.2, -0.15) is 0 Å². The first-order valence-electron chi connectivity index (χ1n) is 8.91. The van der Waals surface area contributed by atoms with Gasteiger partial charge in [-0.15, -0.1) is 0 Å². The Labute approximate surface area is 164 Å². The van der Waals surface area contributed by atoms with Crippen LogP contribution in [0.3, 0.4) is 0 Å². The van der Waals surface area contributed by atoms with E-state index in [9.17, 15) is 19.0 Å². The summed E-state index contributed by atoms with van der Waals surface area (Å²) in [7, 11) is -3.96. The van der Waals surface area contributed by atoms with Crippen LogP contribution in [0.25, 0.3) is 0 Å². The number of hydrogen-bond acceptors (Lipinski definition) is 5. The first kappa shape index (κ1) is 21.7. The van der Waals surface area contributed by atoms with Crippen LogP contribution < -0.4 is 5.32 Å². The van der Waals surface area contributed by atoms with Crippen molar-refractivity contribution in [3.05, 3.63) is 71.8 Å². The third-order valence-corrected chi connectivity index (χ3v) is 6.03. The molecule has 0 fully saturated rings. The average Bonchev–Trinajstić information content (AvgIpc) is 2.70. The van der Waals surface area contributed by atoms with Gasteiger partial charge in [-0.25, -0.2) is 4.79 Å². The quantitative estimate of drug-likeness (QED) is 0.486. The van der Waals surface area contributed by atoms with Gasteiger partial charge < -0.3 is 19.7 Å². The van der Waals surface area contributed by atoms with Crippen LogP contribution in [0.15, 0.2) is 60.7 Å². The number of rotatable bonds is 9. The zero-order chi connectivity index (χ0) is 20.4. The third kappa shape index (κ3) is 6.83. The molecule has 0 saturated carbocycles. The molecule has 8 heteroatoms. The first-order valence-corrected chi connectivity index (χ1v) is 10.8. The second-order valence-corrected chi connectivity index (χ2v) is 8.53. The Morgan fingerprint density at radius 2 is 1.64 bits per heavy atom. The van der Waals surface area contributed by atoms with Crippen molar-refractivity contribution in [1.29, 1.82) is 0 Å². The van der Waals surface area contributed by atoms with E-state index in [1.807, 2.05) is 18.2 Å². The Morgan fingerprint density at radius 1 is 1.04 bits per heavy atom. The molecule has 0 radical (unpaired) electrons. The minimum Gasteiger partial charge on any atom is -0.466 e. The predicted octanol–water partition coefficient (Wildman–Crippen LogP) is 3.84. The molecule has 0 aliphatic carbocycles. The van der Waals surface area contributed by atoms with Gasteiger partial charge in [0.2, 0.25) is 7.37 Å². The van der Waals surface area contributed by atoms with Crippen LogP contribution in [0.4, 0.5) is 4.79 Å². The lowest BCUT2D eigenvalue weighted by atomic mass is 10.2. The standard InChI is InChI=1S/C20H24NO6P/c1-2-26-18(22)13-14-28(24,25)19(17-11-7-4-8-12-17)21-20(23)27-15-16-9-5-3-6-10-16/h3-12,19H,2,13-15H2,1H3,(H,21,23)(H,24,25). The Hall–Kier alpha value is -2.63. The Balaban J connectivity index is 2.07. The largest absolute Gasteiger partial charge is 0.466 e. The molecule has 0 spiro atoms. The lowest BCUT2D eigenvalue weighted by Crippen LogP contribution is -2.30. The van der Waals surface area contributed by atoms with Crippen molar-refractivity contribution in [2.24, 2.45) is 0 Å². The Morgan fingerprint density at radius 3 is 2.25 bits per heavy atom. The molecule has 0 bridgehead atoms. The van der Waals surface area contributed by atoms with Gasteiger partial charge in [0.15, 0.2) is 0 Å². The van der Waals surface area contributed by atoms with Gasteiger partial charge in [0.25, 0.3) is 0 Å². The molecule has 150 valence electrons. The lowest BCUT2D eigenvalue weighted by Gasteiger charge is -2.24. The van der Waals surface area contributed by atoms with Gasteiger partial charge in [-0.05, 0) is 18.1 Å². The van der Waals surface area contributed by atoms with Gasteiger partial charge in [-0.1, -0.05) is 60.7 Å². The SMILES string of the molecule is CCOC(=O)CCP(=O)(O)C(NC(=O)OCc1ccccc1)c1ccccc1. The number of esters is 1. The highest BCUT2D eigenvalue weighted by atomic mass is 31.2. The molecule has 2 aromatic carbocycles. The highest BCUT2D eigenvalue weighted by Crippen LogP contribution is 2.54. The van der Waals surface area contributed by atoms with Crippen molar-refractivity contribution in [3.63, 3.8) is 0 Å². The molecule has 0 aromatic heterocycles. The van der Waals surface area contributed by atoms with Crippen LogP contribution in [-0.4, -0.2) is 29.7 Å². The van der Waals surface area contributed by atoms with Gasteiger partial charge in [0, 0.05) is 6.16 Å². The molecule has 1 amide bonds. The summed E-state index contributed by atoms with van der Waals surface area (Å²) < 4.78 is 22.9.